The Hall–Kier alpha value is -0.150. The van der Waals surface area contributed by atoms with Gasteiger partial charge in [0.15, 0.2) is 0 Å². The van der Waals surface area contributed by atoms with Crippen LogP contribution in [0.5, 0.6) is 0 Å². The largest absolute Gasteiger partial charge is 0.398 e. The van der Waals surface area contributed by atoms with Crippen LogP contribution in [0.2, 0.25) is 0 Å². The standard InChI is InChI=1S/C13H18Br2N2O3S/c1-13(18)3-2-5-17(6-4-13)21(19,20)12-10(15)7-9(14)8-11(12)16/h7-8,18H,2-6,16H2,1H3. The lowest BCUT2D eigenvalue weighted by molar-refractivity contribution is 0.0465. The number of halogens is 2. The highest BCUT2D eigenvalue weighted by molar-refractivity contribution is 9.11. The maximum Gasteiger partial charge on any atom is 0.246 e. The Morgan fingerprint density at radius 1 is 1.29 bits per heavy atom. The minimum absolute atomic E-state index is 0.0900. The Morgan fingerprint density at radius 3 is 2.57 bits per heavy atom. The molecular formula is C13H18Br2N2O3S. The van der Waals surface area contributed by atoms with Gasteiger partial charge in [-0.1, -0.05) is 15.9 Å². The van der Waals surface area contributed by atoms with Gasteiger partial charge in [-0.05, 0) is 54.2 Å². The first-order valence-electron chi connectivity index (χ1n) is 6.60. The summed E-state index contributed by atoms with van der Waals surface area (Å²) in [6.45, 7) is 2.42. The molecule has 8 heteroatoms. The Labute approximate surface area is 141 Å². The van der Waals surface area contributed by atoms with Gasteiger partial charge in [0.05, 0.1) is 11.3 Å². The smallest absolute Gasteiger partial charge is 0.246 e. The molecule has 21 heavy (non-hydrogen) atoms. The molecule has 1 fully saturated rings. The molecule has 1 aromatic rings. The summed E-state index contributed by atoms with van der Waals surface area (Å²) in [6.07, 6.45) is 1.64. The van der Waals surface area contributed by atoms with E-state index in [9.17, 15) is 13.5 Å². The Kier molecular flexibility index (Phi) is 5.04. The van der Waals surface area contributed by atoms with Crippen molar-refractivity contribution in [1.82, 2.24) is 4.31 Å². The van der Waals surface area contributed by atoms with Crippen LogP contribution in [-0.2, 0) is 10.0 Å². The first kappa shape index (κ1) is 17.2. The van der Waals surface area contributed by atoms with Gasteiger partial charge in [0.1, 0.15) is 4.90 Å². The third-order valence-electron chi connectivity index (χ3n) is 3.66. The first-order chi connectivity index (χ1) is 9.63. The van der Waals surface area contributed by atoms with Crippen LogP contribution in [0, 0.1) is 0 Å². The van der Waals surface area contributed by atoms with Gasteiger partial charge < -0.3 is 10.8 Å². The lowest BCUT2D eigenvalue weighted by atomic mass is 9.98. The molecule has 118 valence electrons. The van der Waals surface area contributed by atoms with Gasteiger partial charge in [0.2, 0.25) is 10.0 Å². The van der Waals surface area contributed by atoms with E-state index >= 15 is 0 Å². The van der Waals surface area contributed by atoms with E-state index in [0.29, 0.717) is 34.8 Å². The number of anilines is 1. The molecular weight excluding hydrogens is 424 g/mol. The minimum Gasteiger partial charge on any atom is -0.398 e. The fraction of sp³-hybridized carbons (Fsp3) is 0.538. The van der Waals surface area contributed by atoms with Gasteiger partial charge in [-0.25, -0.2) is 8.42 Å². The van der Waals surface area contributed by atoms with Crippen molar-refractivity contribution in [2.45, 2.75) is 36.7 Å². The van der Waals surface area contributed by atoms with Crippen molar-refractivity contribution in [3.63, 3.8) is 0 Å². The molecule has 0 amide bonds. The average molecular weight is 442 g/mol. The minimum atomic E-state index is -3.68. The highest BCUT2D eigenvalue weighted by Crippen LogP contribution is 2.35. The van der Waals surface area contributed by atoms with Crippen LogP contribution in [0.1, 0.15) is 26.2 Å². The zero-order valence-corrected chi connectivity index (χ0v) is 15.6. The second-order valence-corrected chi connectivity index (χ2v) is 9.21. The zero-order valence-electron chi connectivity index (χ0n) is 11.6. The van der Waals surface area contributed by atoms with Crippen LogP contribution < -0.4 is 5.73 Å². The molecule has 0 aromatic heterocycles. The van der Waals surface area contributed by atoms with Gasteiger partial charge in [0.25, 0.3) is 0 Å². The summed E-state index contributed by atoms with van der Waals surface area (Å²) < 4.78 is 28.2. The lowest BCUT2D eigenvalue weighted by Crippen LogP contribution is -2.34. The number of benzene rings is 1. The monoisotopic (exact) mass is 440 g/mol. The van der Waals surface area contributed by atoms with Crippen molar-refractivity contribution < 1.29 is 13.5 Å². The quantitative estimate of drug-likeness (QED) is 0.691. The maximum absolute atomic E-state index is 12.8. The third-order valence-corrected chi connectivity index (χ3v) is 7.02. The normalized spacial score (nSPS) is 24.8. The first-order valence-corrected chi connectivity index (χ1v) is 9.63. The highest BCUT2D eigenvalue weighted by Gasteiger charge is 2.33. The Bertz CT molecular complexity index is 624. The molecule has 1 aromatic carbocycles. The van der Waals surface area contributed by atoms with E-state index in [1.165, 1.54) is 4.31 Å². The SMILES string of the molecule is CC1(O)CCCN(S(=O)(=O)c2c(N)cc(Br)cc2Br)CC1. The fourth-order valence-corrected chi connectivity index (χ4v) is 5.95. The number of hydrogen-bond donors (Lipinski definition) is 2. The van der Waals surface area contributed by atoms with Crippen molar-refractivity contribution >= 4 is 47.6 Å². The van der Waals surface area contributed by atoms with Gasteiger partial charge >= 0.3 is 0 Å². The highest BCUT2D eigenvalue weighted by atomic mass is 79.9. The second-order valence-electron chi connectivity index (χ2n) is 5.56. The molecule has 0 spiro atoms. The number of nitrogens with zero attached hydrogens (tertiary/aromatic N) is 1. The van der Waals surface area contributed by atoms with Crippen molar-refractivity contribution in [3.8, 4) is 0 Å². The van der Waals surface area contributed by atoms with E-state index < -0.39 is 15.6 Å². The molecule has 1 unspecified atom stereocenters. The number of sulfonamides is 1. The molecule has 0 bridgehead atoms. The van der Waals surface area contributed by atoms with E-state index in [2.05, 4.69) is 31.9 Å². The number of hydrogen-bond acceptors (Lipinski definition) is 4. The summed E-state index contributed by atoms with van der Waals surface area (Å²) in [7, 11) is -3.68. The zero-order chi connectivity index (χ0) is 15.8. The van der Waals surface area contributed by atoms with E-state index in [-0.39, 0.29) is 17.1 Å². The molecule has 0 radical (unpaired) electrons. The average Bonchev–Trinajstić information content (AvgIpc) is 2.48. The number of aliphatic hydroxyl groups is 1. The maximum atomic E-state index is 12.8. The molecule has 1 heterocycles. The van der Waals surface area contributed by atoms with Crippen LogP contribution >= 0.6 is 31.9 Å². The van der Waals surface area contributed by atoms with Crippen LogP contribution in [0.3, 0.4) is 0 Å². The number of nitrogen functional groups attached to an aromatic ring is 1. The van der Waals surface area contributed by atoms with E-state index in [0.717, 1.165) is 0 Å². The third kappa shape index (κ3) is 3.79. The van der Waals surface area contributed by atoms with Gasteiger partial charge in [-0.15, -0.1) is 0 Å². The fourth-order valence-electron chi connectivity index (χ4n) is 2.46. The summed E-state index contributed by atoms with van der Waals surface area (Å²) in [6, 6.07) is 3.24. The van der Waals surface area contributed by atoms with Crippen molar-refractivity contribution in [1.29, 1.82) is 0 Å². The summed E-state index contributed by atoms with van der Waals surface area (Å²) in [5.74, 6) is 0. The van der Waals surface area contributed by atoms with E-state index in [4.69, 9.17) is 5.73 Å². The lowest BCUT2D eigenvalue weighted by Gasteiger charge is -2.23. The Balaban J connectivity index is 2.39. The van der Waals surface area contributed by atoms with Gasteiger partial charge in [0, 0.05) is 22.0 Å². The molecule has 2 rings (SSSR count). The molecule has 1 aliphatic heterocycles. The summed E-state index contributed by atoms with van der Waals surface area (Å²) in [5.41, 5.74) is 5.28. The van der Waals surface area contributed by atoms with E-state index in [1.54, 1.807) is 19.1 Å². The summed E-state index contributed by atoms with van der Waals surface area (Å²) >= 11 is 6.56. The predicted molar refractivity (Wildman–Crippen MR) is 89.5 cm³/mol. The van der Waals surface area contributed by atoms with Gasteiger partial charge in [-0.3, -0.25) is 0 Å². The molecule has 1 aliphatic rings. The molecule has 0 saturated carbocycles. The molecule has 0 aliphatic carbocycles. The van der Waals surface area contributed by atoms with Crippen molar-refractivity contribution in [2.24, 2.45) is 0 Å². The van der Waals surface area contributed by atoms with Crippen molar-refractivity contribution in [2.75, 3.05) is 18.8 Å². The number of nitrogens with two attached hydrogens (primary N) is 1. The molecule has 3 N–H and O–H groups in total. The number of rotatable bonds is 2. The molecule has 1 atom stereocenters. The topological polar surface area (TPSA) is 83.6 Å². The van der Waals surface area contributed by atoms with Crippen LogP contribution in [0.25, 0.3) is 0 Å². The van der Waals surface area contributed by atoms with Crippen LogP contribution in [0.15, 0.2) is 26.0 Å². The summed E-state index contributed by atoms with van der Waals surface area (Å²) in [4.78, 5) is 0.0900. The van der Waals surface area contributed by atoms with Crippen molar-refractivity contribution in [3.05, 3.63) is 21.1 Å². The van der Waals surface area contributed by atoms with Crippen LogP contribution in [-0.4, -0.2) is 36.5 Å². The predicted octanol–water partition coefficient (Wildman–Crippen LogP) is 2.72. The Morgan fingerprint density at radius 2 is 1.95 bits per heavy atom. The molecule has 1 saturated heterocycles. The summed E-state index contributed by atoms with van der Waals surface area (Å²) in [5, 5.41) is 10.1. The second kappa shape index (κ2) is 6.16. The van der Waals surface area contributed by atoms with Gasteiger partial charge in [-0.2, -0.15) is 4.31 Å². The molecule has 5 nitrogen and oxygen atoms in total. The van der Waals surface area contributed by atoms with Crippen LogP contribution in [0.4, 0.5) is 5.69 Å². The van der Waals surface area contributed by atoms with E-state index in [1.807, 2.05) is 0 Å².